The normalized spacial score (nSPS) is 17.4. The van der Waals surface area contributed by atoms with Crippen LogP contribution in [0.3, 0.4) is 0 Å². The first kappa shape index (κ1) is 15.4. The first-order chi connectivity index (χ1) is 12.3. The maximum atomic E-state index is 12.3. The molecule has 7 nitrogen and oxygen atoms in total. The van der Waals surface area contributed by atoms with Crippen molar-refractivity contribution in [1.29, 1.82) is 0 Å². The molecule has 0 saturated carbocycles. The topological polar surface area (TPSA) is 74.6 Å². The molecule has 4 rings (SSSR count). The number of pyridine rings is 1. The smallest absolute Gasteiger partial charge is 0.321 e. The van der Waals surface area contributed by atoms with Crippen molar-refractivity contribution < 1.29 is 4.79 Å². The number of carbonyl (C=O) groups is 1. The number of fused-ring (bicyclic) bond motifs is 1. The van der Waals surface area contributed by atoms with Crippen LogP contribution >= 0.6 is 0 Å². The molecule has 2 N–H and O–H groups in total. The lowest BCUT2D eigenvalue weighted by Gasteiger charge is -2.34. The molecule has 0 bridgehead atoms. The highest BCUT2D eigenvalue weighted by molar-refractivity contribution is 5.87. The Labute approximate surface area is 145 Å². The SMILES string of the molecule is O=C(Nc1nc2ccccn2n1)NC1CCCN(c2ccccc2)C1. The number of amides is 2. The number of anilines is 2. The average Bonchev–Trinajstić information content (AvgIpc) is 3.04. The van der Waals surface area contributed by atoms with Gasteiger partial charge in [-0.3, -0.25) is 5.32 Å². The van der Waals surface area contributed by atoms with Crippen LogP contribution in [0.1, 0.15) is 12.8 Å². The predicted octanol–water partition coefficient (Wildman–Crippen LogP) is 2.52. The number of piperidine rings is 1. The number of aromatic nitrogens is 3. The number of para-hydroxylation sites is 1. The van der Waals surface area contributed by atoms with Gasteiger partial charge in [0.1, 0.15) is 0 Å². The number of urea groups is 1. The Balaban J connectivity index is 1.37. The summed E-state index contributed by atoms with van der Waals surface area (Å²) in [5.41, 5.74) is 1.89. The van der Waals surface area contributed by atoms with Gasteiger partial charge in [-0.25, -0.2) is 9.31 Å². The third-order valence-electron chi connectivity index (χ3n) is 4.34. The minimum Gasteiger partial charge on any atom is -0.369 e. The molecule has 1 saturated heterocycles. The molecule has 3 heterocycles. The van der Waals surface area contributed by atoms with Gasteiger partial charge in [0.2, 0.25) is 0 Å². The third-order valence-corrected chi connectivity index (χ3v) is 4.34. The summed E-state index contributed by atoms with van der Waals surface area (Å²) >= 11 is 0. The van der Waals surface area contributed by atoms with Crippen LogP contribution in [0.2, 0.25) is 0 Å². The second kappa shape index (κ2) is 6.80. The zero-order chi connectivity index (χ0) is 17.1. The molecule has 3 aromatic rings. The van der Waals surface area contributed by atoms with Gasteiger partial charge in [0.25, 0.3) is 5.95 Å². The molecule has 1 unspecified atom stereocenters. The van der Waals surface area contributed by atoms with Gasteiger partial charge in [0, 0.05) is 31.0 Å². The highest BCUT2D eigenvalue weighted by Gasteiger charge is 2.22. The van der Waals surface area contributed by atoms with Gasteiger partial charge in [0.05, 0.1) is 0 Å². The summed E-state index contributed by atoms with van der Waals surface area (Å²) in [6.45, 7) is 1.81. The Morgan fingerprint density at radius 3 is 2.80 bits per heavy atom. The van der Waals surface area contributed by atoms with Crippen LogP contribution in [0.5, 0.6) is 0 Å². The molecule has 1 aromatic carbocycles. The number of carbonyl (C=O) groups excluding carboxylic acids is 1. The fraction of sp³-hybridized carbons (Fsp3) is 0.278. The zero-order valence-electron chi connectivity index (χ0n) is 13.8. The lowest BCUT2D eigenvalue weighted by Crippen LogP contribution is -2.49. The van der Waals surface area contributed by atoms with Crippen molar-refractivity contribution in [2.24, 2.45) is 0 Å². The van der Waals surface area contributed by atoms with Crippen molar-refractivity contribution in [3.63, 3.8) is 0 Å². The van der Waals surface area contributed by atoms with Gasteiger partial charge in [-0.2, -0.15) is 4.98 Å². The van der Waals surface area contributed by atoms with E-state index in [2.05, 4.69) is 37.7 Å². The molecule has 1 aliphatic heterocycles. The third kappa shape index (κ3) is 3.55. The van der Waals surface area contributed by atoms with E-state index in [9.17, 15) is 4.79 Å². The van der Waals surface area contributed by atoms with Gasteiger partial charge in [0.15, 0.2) is 5.65 Å². The van der Waals surface area contributed by atoms with Crippen LogP contribution in [0.25, 0.3) is 5.65 Å². The Morgan fingerprint density at radius 2 is 1.96 bits per heavy atom. The van der Waals surface area contributed by atoms with Crippen LogP contribution in [-0.4, -0.2) is 39.8 Å². The first-order valence-corrected chi connectivity index (χ1v) is 8.47. The number of benzene rings is 1. The summed E-state index contributed by atoms with van der Waals surface area (Å²) in [5, 5.41) is 9.98. The number of nitrogens with one attached hydrogen (secondary N) is 2. The van der Waals surface area contributed by atoms with E-state index in [1.165, 1.54) is 5.69 Å². The maximum Gasteiger partial charge on any atom is 0.321 e. The van der Waals surface area contributed by atoms with E-state index < -0.39 is 0 Å². The van der Waals surface area contributed by atoms with Crippen LogP contribution in [0.15, 0.2) is 54.7 Å². The van der Waals surface area contributed by atoms with E-state index in [4.69, 9.17) is 0 Å². The monoisotopic (exact) mass is 336 g/mol. The van der Waals surface area contributed by atoms with Crippen molar-refractivity contribution in [1.82, 2.24) is 19.9 Å². The minimum atomic E-state index is -0.268. The summed E-state index contributed by atoms with van der Waals surface area (Å²) in [4.78, 5) is 18.9. The second-order valence-corrected chi connectivity index (χ2v) is 6.16. The van der Waals surface area contributed by atoms with Gasteiger partial charge in [-0.05, 0) is 37.1 Å². The quantitative estimate of drug-likeness (QED) is 0.771. The maximum absolute atomic E-state index is 12.3. The van der Waals surface area contributed by atoms with E-state index in [-0.39, 0.29) is 12.1 Å². The van der Waals surface area contributed by atoms with Gasteiger partial charge < -0.3 is 10.2 Å². The number of hydrogen-bond acceptors (Lipinski definition) is 4. The fourth-order valence-corrected chi connectivity index (χ4v) is 3.18. The highest BCUT2D eigenvalue weighted by Crippen LogP contribution is 2.19. The molecular formula is C18H20N6O. The largest absolute Gasteiger partial charge is 0.369 e. The lowest BCUT2D eigenvalue weighted by atomic mass is 10.1. The molecule has 0 radical (unpaired) electrons. The first-order valence-electron chi connectivity index (χ1n) is 8.47. The van der Waals surface area contributed by atoms with Crippen LogP contribution in [0.4, 0.5) is 16.4 Å². The number of rotatable bonds is 3. The molecule has 2 aromatic heterocycles. The molecule has 25 heavy (non-hydrogen) atoms. The van der Waals surface area contributed by atoms with Gasteiger partial charge in [-0.15, -0.1) is 5.10 Å². The van der Waals surface area contributed by atoms with Crippen molar-refractivity contribution in [2.45, 2.75) is 18.9 Å². The van der Waals surface area contributed by atoms with E-state index in [1.54, 1.807) is 10.7 Å². The molecule has 128 valence electrons. The van der Waals surface area contributed by atoms with Crippen LogP contribution < -0.4 is 15.5 Å². The Bertz CT molecular complexity index is 829. The molecule has 0 aliphatic carbocycles. The van der Waals surface area contributed by atoms with Crippen molar-refractivity contribution in [2.75, 3.05) is 23.3 Å². The molecule has 7 heteroatoms. The molecule has 1 aliphatic rings. The van der Waals surface area contributed by atoms with Gasteiger partial charge in [-0.1, -0.05) is 24.3 Å². The van der Waals surface area contributed by atoms with Crippen LogP contribution in [0, 0.1) is 0 Å². The van der Waals surface area contributed by atoms with Gasteiger partial charge >= 0.3 is 6.03 Å². The van der Waals surface area contributed by atoms with Crippen molar-refractivity contribution >= 4 is 23.3 Å². The summed E-state index contributed by atoms with van der Waals surface area (Å²) < 4.78 is 1.63. The second-order valence-electron chi connectivity index (χ2n) is 6.16. The summed E-state index contributed by atoms with van der Waals surface area (Å²) in [6.07, 6.45) is 3.81. The van der Waals surface area contributed by atoms with Crippen LogP contribution in [-0.2, 0) is 0 Å². The Hall–Kier alpha value is -3.09. The van der Waals surface area contributed by atoms with E-state index in [0.717, 1.165) is 25.9 Å². The highest BCUT2D eigenvalue weighted by atomic mass is 16.2. The zero-order valence-corrected chi connectivity index (χ0v) is 13.8. The summed E-state index contributed by atoms with van der Waals surface area (Å²) in [7, 11) is 0. The molecule has 1 fully saturated rings. The van der Waals surface area contributed by atoms with E-state index in [1.807, 2.05) is 36.4 Å². The number of nitrogens with zero attached hydrogens (tertiary/aromatic N) is 4. The van der Waals surface area contributed by atoms with Crippen molar-refractivity contribution in [3.05, 3.63) is 54.7 Å². The van der Waals surface area contributed by atoms with E-state index >= 15 is 0 Å². The average molecular weight is 336 g/mol. The molecule has 2 amide bonds. The molecular weight excluding hydrogens is 316 g/mol. The Morgan fingerprint density at radius 1 is 1.12 bits per heavy atom. The Kier molecular flexibility index (Phi) is 4.20. The fourth-order valence-electron chi connectivity index (χ4n) is 3.18. The lowest BCUT2D eigenvalue weighted by molar-refractivity contribution is 0.246. The summed E-state index contributed by atoms with van der Waals surface area (Å²) in [6, 6.07) is 15.7. The predicted molar refractivity (Wildman–Crippen MR) is 96.8 cm³/mol. The summed E-state index contributed by atoms with van der Waals surface area (Å²) in [5.74, 6) is 0.305. The van der Waals surface area contributed by atoms with E-state index in [0.29, 0.717) is 11.6 Å². The standard InChI is InChI=1S/C18H20N6O/c25-18(21-17-20-16-10-4-5-12-24(16)22-17)19-14-7-6-11-23(13-14)15-8-2-1-3-9-15/h1-5,8-10,12,14H,6-7,11,13H2,(H2,19,21,22,25). The molecule has 0 spiro atoms. The van der Waals surface area contributed by atoms with Crippen molar-refractivity contribution in [3.8, 4) is 0 Å². The number of hydrogen-bond donors (Lipinski definition) is 2. The minimum absolute atomic E-state index is 0.103. The molecule has 1 atom stereocenters.